The Morgan fingerprint density at radius 3 is 2.25 bits per heavy atom. The minimum absolute atomic E-state index is 0.286. The number of hydrogen-bond acceptors (Lipinski definition) is 4. The highest BCUT2D eigenvalue weighted by Crippen LogP contribution is 2.33. The topological polar surface area (TPSA) is 55.6 Å². The van der Waals surface area contributed by atoms with Crippen LogP contribution in [0.25, 0.3) is 16.8 Å². The van der Waals surface area contributed by atoms with Gasteiger partial charge in [0.05, 0.1) is 0 Å². The lowest BCUT2D eigenvalue weighted by molar-refractivity contribution is 0.540. The molecule has 0 saturated carbocycles. The lowest BCUT2D eigenvalue weighted by Crippen LogP contribution is -2.21. The lowest BCUT2D eigenvalue weighted by atomic mass is 9.99. The number of nitrogens with zero attached hydrogens (tertiary/aromatic N) is 4. The van der Waals surface area contributed by atoms with Gasteiger partial charge in [-0.2, -0.15) is 4.68 Å². The second kappa shape index (κ2) is 6.74. The summed E-state index contributed by atoms with van der Waals surface area (Å²) in [4.78, 5) is 0. The molecule has 1 N–H and O–H groups in total. The van der Waals surface area contributed by atoms with Crippen molar-refractivity contribution in [1.29, 1.82) is 0 Å². The van der Waals surface area contributed by atoms with Gasteiger partial charge >= 0.3 is 0 Å². The summed E-state index contributed by atoms with van der Waals surface area (Å²) >= 11 is 0. The summed E-state index contributed by atoms with van der Waals surface area (Å²) < 4.78 is 16.0. The van der Waals surface area contributed by atoms with Crippen LogP contribution in [-0.4, -0.2) is 20.2 Å². The fourth-order valence-corrected chi connectivity index (χ4v) is 3.43. The third-order valence-corrected chi connectivity index (χ3v) is 4.85. The van der Waals surface area contributed by atoms with Crippen LogP contribution in [0, 0.1) is 5.82 Å². The van der Waals surface area contributed by atoms with Crippen LogP contribution < -0.4 is 5.32 Å². The minimum atomic E-state index is -0.420. The molecule has 28 heavy (non-hydrogen) atoms. The molecule has 4 aromatic rings. The van der Waals surface area contributed by atoms with Crippen molar-refractivity contribution in [3.05, 3.63) is 102 Å². The van der Waals surface area contributed by atoms with E-state index in [-0.39, 0.29) is 5.82 Å². The van der Waals surface area contributed by atoms with Crippen LogP contribution in [0.5, 0.6) is 0 Å². The Bertz CT molecular complexity index is 1150. The molecule has 0 amide bonds. The molecule has 0 unspecified atom stereocenters. The van der Waals surface area contributed by atoms with Gasteiger partial charge in [0.2, 0.25) is 5.95 Å². The van der Waals surface area contributed by atoms with Crippen LogP contribution in [0.15, 0.2) is 84.9 Å². The molecular formula is C22H16FN5. The molecule has 136 valence electrons. The maximum Gasteiger partial charge on any atom is 0.248 e. The number of rotatable bonds is 3. The van der Waals surface area contributed by atoms with Gasteiger partial charge in [-0.25, -0.2) is 4.39 Å². The zero-order valence-electron chi connectivity index (χ0n) is 14.8. The van der Waals surface area contributed by atoms with Crippen LogP contribution >= 0.6 is 0 Å². The van der Waals surface area contributed by atoms with Crippen molar-refractivity contribution < 1.29 is 4.39 Å². The molecule has 0 spiro atoms. The van der Waals surface area contributed by atoms with Crippen molar-refractivity contribution >= 4 is 11.6 Å². The average Bonchev–Trinajstić information content (AvgIpc) is 3.23. The molecule has 1 atom stereocenters. The fraction of sp³-hybridized carbons (Fsp3) is 0.0455. The maximum absolute atomic E-state index is 14.4. The molecule has 0 fully saturated rings. The Morgan fingerprint density at radius 2 is 1.46 bits per heavy atom. The van der Waals surface area contributed by atoms with Crippen LogP contribution in [0.1, 0.15) is 17.2 Å². The van der Waals surface area contributed by atoms with E-state index >= 15 is 0 Å². The van der Waals surface area contributed by atoms with Crippen molar-refractivity contribution in [3.63, 3.8) is 0 Å². The Morgan fingerprint density at radius 1 is 0.786 bits per heavy atom. The van der Waals surface area contributed by atoms with Gasteiger partial charge in [0.25, 0.3) is 0 Å². The molecule has 6 heteroatoms. The lowest BCUT2D eigenvalue weighted by Gasteiger charge is -2.23. The number of anilines is 1. The third-order valence-electron chi connectivity index (χ3n) is 4.85. The predicted molar refractivity (Wildman–Crippen MR) is 106 cm³/mol. The van der Waals surface area contributed by atoms with Crippen molar-refractivity contribution in [2.45, 2.75) is 6.04 Å². The number of tetrazole rings is 1. The van der Waals surface area contributed by atoms with Crippen LogP contribution in [-0.2, 0) is 0 Å². The van der Waals surface area contributed by atoms with Gasteiger partial charge in [-0.3, -0.25) is 0 Å². The summed E-state index contributed by atoms with van der Waals surface area (Å²) in [6.45, 7) is 0. The average molecular weight is 369 g/mol. The molecule has 5 nitrogen and oxygen atoms in total. The number of nitrogens with one attached hydrogen (secondary N) is 1. The van der Waals surface area contributed by atoms with Gasteiger partial charge in [0, 0.05) is 11.3 Å². The fourth-order valence-electron chi connectivity index (χ4n) is 3.43. The molecular weight excluding hydrogens is 353 g/mol. The summed E-state index contributed by atoms with van der Waals surface area (Å²) in [6, 6.07) is 24.7. The van der Waals surface area contributed by atoms with E-state index in [2.05, 4.69) is 45.1 Å². The van der Waals surface area contributed by atoms with Crippen LogP contribution in [0.4, 0.5) is 10.3 Å². The number of hydrogen-bond donors (Lipinski definition) is 1. The van der Waals surface area contributed by atoms with Crippen molar-refractivity contribution in [2.24, 2.45) is 0 Å². The first-order valence-electron chi connectivity index (χ1n) is 8.96. The maximum atomic E-state index is 14.4. The third kappa shape index (κ3) is 2.85. The Labute approximate surface area is 161 Å². The highest BCUT2D eigenvalue weighted by Gasteiger charge is 2.26. The smallest absolute Gasteiger partial charge is 0.248 e. The molecule has 0 aliphatic carbocycles. The van der Waals surface area contributed by atoms with E-state index in [1.165, 1.54) is 6.07 Å². The molecule has 0 radical (unpaired) electrons. The predicted octanol–water partition coefficient (Wildman–Crippen LogP) is 4.54. The highest BCUT2D eigenvalue weighted by molar-refractivity contribution is 5.78. The quantitative estimate of drug-likeness (QED) is 0.576. The molecule has 1 aliphatic heterocycles. The highest BCUT2D eigenvalue weighted by atomic mass is 19.1. The largest absolute Gasteiger partial charge is 0.323 e. The molecule has 0 saturated heterocycles. The monoisotopic (exact) mass is 369 g/mol. The molecule has 5 rings (SSSR count). The Kier molecular flexibility index (Phi) is 3.94. The van der Waals surface area contributed by atoms with Gasteiger partial charge in [0.1, 0.15) is 11.9 Å². The van der Waals surface area contributed by atoms with E-state index in [0.717, 1.165) is 22.4 Å². The van der Waals surface area contributed by atoms with E-state index in [1.54, 1.807) is 16.8 Å². The van der Waals surface area contributed by atoms with Gasteiger partial charge < -0.3 is 5.32 Å². The zero-order chi connectivity index (χ0) is 18.9. The van der Waals surface area contributed by atoms with Crippen LogP contribution in [0.2, 0.25) is 0 Å². The first-order chi connectivity index (χ1) is 13.8. The van der Waals surface area contributed by atoms with Gasteiger partial charge in [-0.05, 0) is 39.3 Å². The van der Waals surface area contributed by atoms with Gasteiger partial charge in [-0.15, -0.1) is 0 Å². The molecule has 0 bridgehead atoms. The summed E-state index contributed by atoms with van der Waals surface area (Å²) in [5, 5.41) is 15.0. The summed E-state index contributed by atoms with van der Waals surface area (Å²) in [7, 11) is 0. The minimum Gasteiger partial charge on any atom is -0.323 e. The second-order valence-electron chi connectivity index (χ2n) is 6.56. The number of benzene rings is 3. The summed E-state index contributed by atoms with van der Waals surface area (Å²) in [5.41, 5.74) is 4.64. The van der Waals surface area contributed by atoms with E-state index in [4.69, 9.17) is 0 Å². The second-order valence-corrected chi connectivity index (χ2v) is 6.56. The first kappa shape index (κ1) is 16.4. The Balaban J connectivity index is 1.54. The normalized spacial score (nSPS) is 15.5. The standard InChI is InChI=1S/C22H16FN5/c23-19-9-5-4-8-18(19)21-14-20(24-22-25-26-27-28(21)22)17-12-10-16(11-13-17)15-6-2-1-3-7-15/h1-14,21H,(H,24,25,27)/t21-/m1/s1. The Hall–Kier alpha value is -3.80. The first-order valence-corrected chi connectivity index (χ1v) is 8.96. The SMILES string of the molecule is Fc1ccccc1[C@H]1C=C(c2ccc(-c3ccccc3)cc2)Nc2nnnn21. The number of fused-ring (bicyclic) bond motifs is 1. The molecule has 2 heterocycles. The molecule has 3 aromatic carbocycles. The summed E-state index contributed by atoms with van der Waals surface area (Å²) in [6.07, 6.45) is 1.94. The number of allylic oxidation sites excluding steroid dienone is 1. The van der Waals surface area contributed by atoms with Gasteiger partial charge in [-0.1, -0.05) is 77.9 Å². The van der Waals surface area contributed by atoms with Crippen molar-refractivity contribution in [1.82, 2.24) is 20.2 Å². The van der Waals surface area contributed by atoms with Crippen LogP contribution in [0.3, 0.4) is 0 Å². The van der Waals surface area contributed by atoms with E-state index in [0.29, 0.717) is 11.5 Å². The zero-order valence-corrected chi connectivity index (χ0v) is 14.8. The molecule has 1 aromatic heterocycles. The summed E-state index contributed by atoms with van der Waals surface area (Å²) in [5.74, 6) is 0.198. The van der Waals surface area contributed by atoms with Crippen molar-refractivity contribution in [2.75, 3.05) is 5.32 Å². The van der Waals surface area contributed by atoms with E-state index in [1.807, 2.05) is 42.5 Å². The molecule has 1 aliphatic rings. The number of halogens is 1. The van der Waals surface area contributed by atoms with E-state index < -0.39 is 6.04 Å². The van der Waals surface area contributed by atoms with E-state index in [9.17, 15) is 4.39 Å². The van der Waals surface area contributed by atoms with Gasteiger partial charge in [0.15, 0.2) is 0 Å². The number of aromatic nitrogens is 4. The van der Waals surface area contributed by atoms with Crippen molar-refractivity contribution in [3.8, 4) is 11.1 Å².